The number of aromatic nitrogens is 2. The van der Waals surface area contributed by atoms with Crippen LogP contribution in [0.4, 0.5) is 0 Å². The fraction of sp³-hybridized carbons (Fsp3) is 0.120. The van der Waals surface area contributed by atoms with Crippen molar-refractivity contribution in [3.8, 4) is 0 Å². The normalized spacial score (nSPS) is 12.3. The van der Waals surface area contributed by atoms with E-state index in [9.17, 15) is 0 Å². The van der Waals surface area contributed by atoms with Crippen molar-refractivity contribution in [2.75, 3.05) is 0 Å². The zero-order valence-corrected chi connectivity index (χ0v) is 15.7. The minimum atomic E-state index is 1.29. The molecule has 0 radical (unpaired) electrons. The van der Waals surface area contributed by atoms with E-state index in [-0.39, 0.29) is 0 Å². The second kappa shape index (κ2) is 4.92. The highest BCUT2D eigenvalue weighted by molar-refractivity contribution is 6.24. The highest BCUT2D eigenvalue weighted by Crippen LogP contribution is 2.37. The summed E-state index contributed by atoms with van der Waals surface area (Å²) in [5, 5.41) is 10.6. The molecule has 0 aliphatic heterocycles. The maximum Gasteiger partial charge on any atom is 0.0559 e. The molecule has 0 amide bonds. The predicted molar refractivity (Wildman–Crippen MR) is 117 cm³/mol. The van der Waals surface area contributed by atoms with Crippen molar-refractivity contribution in [1.82, 2.24) is 9.13 Å². The minimum Gasteiger partial charge on any atom is -0.350 e. The van der Waals surface area contributed by atoms with Gasteiger partial charge in [0.2, 0.25) is 0 Å². The van der Waals surface area contributed by atoms with Crippen LogP contribution in [0.1, 0.15) is 5.69 Å². The molecule has 0 aliphatic rings. The van der Waals surface area contributed by atoms with E-state index in [1.165, 1.54) is 59.8 Å². The Labute approximate surface area is 157 Å². The molecule has 0 bridgehead atoms. The van der Waals surface area contributed by atoms with Gasteiger partial charge in [-0.25, -0.2) is 0 Å². The molecule has 0 spiro atoms. The van der Waals surface area contributed by atoms with E-state index in [1.807, 2.05) is 0 Å². The Balaban J connectivity index is 1.83. The molecule has 6 rings (SSSR count). The van der Waals surface area contributed by atoms with E-state index in [0.29, 0.717) is 0 Å². The summed E-state index contributed by atoms with van der Waals surface area (Å²) >= 11 is 0. The molecule has 27 heavy (non-hydrogen) atoms. The third-order valence-electron chi connectivity index (χ3n) is 6.26. The molecule has 0 fully saturated rings. The number of aryl methyl sites for hydroxylation is 3. The molecule has 2 heteroatoms. The zero-order chi connectivity index (χ0) is 18.3. The lowest BCUT2D eigenvalue weighted by Crippen LogP contribution is -1.91. The van der Waals surface area contributed by atoms with E-state index in [4.69, 9.17) is 0 Å². The topological polar surface area (TPSA) is 9.86 Å². The van der Waals surface area contributed by atoms with Crippen molar-refractivity contribution in [3.63, 3.8) is 0 Å². The molecule has 2 heterocycles. The van der Waals surface area contributed by atoms with Gasteiger partial charge in [-0.15, -0.1) is 0 Å². The number of hydrogen-bond donors (Lipinski definition) is 0. The van der Waals surface area contributed by atoms with Crippen LogP contribution in [-0.2, 0) is 14.1 Å². The maximum atomic E-state index is 2.30. The first-order valence-corrected chi connectivity index (χ1v) is 9.42. The Morgan fingerprint density at radius 2 is 1.07 bits per heavy atom. The van der Waals surface area contributed by atoms with Crippen LogP contribution < -0.4 is 0 Å². The third kappa shape index (κ3) is 1.80. The van der Waals surface area contributed by atoms with E-state index in [1.54, 1.807) is 0 Å². The van der Waals surface area contributed by atoms with Gasteiger partial charge in [0.25, 0.3) is 0 Å². The summed E-state index contributed by atoms with van der Waals surface area (Å²) in [6.07, 6.45) is 2.14. The number of rotatable bonds is 0. The Hall–Kier alpha value is -3.26. The van der Waals surface area contributed by atoms with Crippen LogP contribution in [0.15, 0.2) is 66.9 Å². The summed E-state index contributed by atoms with van der Waals surface area (Å²) in [5.74, 6) is 0. The van der Waals surface area contributed by atoms with Gasteiger partial charge < -0.3 is 9.13 Å². The van der Waals surface area contributed by atoms with Gasteiger partial charge in [0.15, 0.2) is 0 Å². The van der Waals surface area contributed by atoms with Gasteiger partial charge >= 0.3 is 0 Å². The summed E-state index contributed by atoms with van der Waals surface area (Å²) in [4.78, 5) is 0. The standard InChI is InChI=1S/C25H20N2/c1-15-14-17-5-7-21-19-8-10-22-20(6-4-16-12-13-26(2)24(16)22)18(19)9-11-23(21)25(17)27(15)3/h4-14H,1-3H3. The van der Waals surface area contributed by atoms with Gasteiger partial charge in [-0.1, -0.05) is 48.5 Å². The summed E-state index contributed by atoms with van der Waals surface area (Å²) < 4.78 is 4.53. The first-order chi connectivity index (χ1) is 13.1. The monoisotopic (exact) mass is 348 g/mol. The minimum absolute atomic E-state index is 1.29. The van der Waals surface area contributed by atoms with Gasteiger partial charge in [0.1, 0.15) is 0 Å². The van der Waals surface area contributed by atoms with Crippen LogP contribution in [-0.4, -0.2) is 9.13 Å². The van der Waals surface area contributed by atoms with E-state index < -0.39 is 0 Å². The maximum absolute atomic E-state index is 2.30. The Morgan fingerprint density at radius 3 is 1.78 bits per heavy atom. The molecule has 0 unspecified atom stereocenters. The number of benzene rings is 4. The van der Waals surface area contributed by atoms with Gasteiger partial charge in [-0.05, 0) is 40.6 Å². The van der Waals surface area contributed by atoms with Crippen LogP contribution in [0, 0.1) is 6.92 Å². The van der Waals surface area contributed by atoms with E-state index in [2.05, 4.69) is 97.0 Å². The second-order valence-electron chi connectivity index (χ2n) is 7.69. The molecule has 0 aliphatic carbocycles. The zero-order valence-electron chi connectivity index (χ0n) is 15.7. The first-order valence-electron chi connectivity index (χ1n) is 9.42. The lowest BCUT2D eigenvalue weighted by molar-refractivity contribution is 0.921. The predicted octanol–water partition coefficient (Wildman–Crippen LogP) is 6.44. The van der Waals surface area contributed by atoms with Crippen LogP contribution in [0.5, 0.6) is 0 Å². The Morgan fingerprint density at radius 1 is 0.556 bits per heavy atom. The summed E-state index contributed by atoms with van der Waals surface area (Å²) in [6.45, 7) is 2.17. The number of fused-ring (bicyclic) bond motifs is 9. The van der Waals surface area contributed by atoms with Gasteiger partial charge in [-0.3, -0.25) is 0 Å². The van der Waals surface area contributed by atoms with Crippen LogP contribution in [0.3, 0.4) is 0 Å². The molecule has 0 saturated heterocycles. The molecule has 0 saturated carbocycles. The van der Waals surface area contributed by atoms with Crippen molar-refractivity contribution in [1.29, 1.82) is 0 Å². The van der Waals surface area contributed by atoms with E-state index >= 15 is 0 Å². The van der Waals surface area contributed by atoms with Gasteiger partial charge in [0, 0.05) is 47.5 Å². The lowest BCUT2D eigenvalue weighted by atomic mass is 9.95. The average molecular weight is 348 g/mol. The molecule has 2 aromatic heterocycles. The molecule has 4 aromatic carbocycles. The lowest BCUT2D eigenvalue weighted by Gasteiger charge is -2.11. The fourth-order valence-electron chi connectivity index (χ4n) is 4.82. The summed E-state index contributed by atoms with van der Waals surface area (Å²) in [5.41, 5.74) is 3.93. The van der Waals surface area contributed by atoms with Crippen molar-refractivity contribution in [2.45, 2.75) is 6.92 Å². The van der Waals surface area contributed by atoms with Gasteiger partial charge in [-0.2, -0.15) is 0 Å². The molecular formula is C25H20N2. The largest absolute Gasteiger partial charge is 0.350 e. The fourth-order valence-corrected chi connectivity index (χ4v) is 4.82. The van der Waals surface area contributed by atoms with Gasteiger partial charge in [0.05, 0.1) is 11.0 Å². The Kier molecular flexibility index (Phi) is 2.71. The molecule has 130 valence electrons. The highest BCUT2D eigenvalue weighted by Gasteiger charge is 2.12. The molecule has 2 nitrogen and oxygen atoms in total. The number of hydrogen-bond acceptors (Lipinski definition) is 0. The quantitative estimate of drug-likeness (QED) is 0.280. The third-order valence-corrected chi connectivity index (χ3v) is 6.26. The molecule has 6 aromatic rings. The van der Waals surface area contributed by atoms with Crippen LogP contribution in [0.2, 0.25) is 0 Å². The second-order valence-corrected chi connectivity index (χ2v) is 7.69. The molecule has 0 atom stereocenters. The van der Waals surface area contributed by atoms with Crippen LogP contribution in [0.25, 0.3) is 54.1 Å². The Bertz CT molecular complexity index is 1540. The van der Waals surface area contributed by atoms with E-state index in [0.717, 1.165) is 0 Å². The average Bonchev–Trinajstić information content (AvgIpc) is 3.21. The van der Waals surface area contributed by atoms with Crippen molar-refractivity contribution >= 4 is 54.1 Å². The highest BCUT2D eigenvalue weighted by atomic mass is 14.9. The van der Waals surface area contributed by atoms with Crippen molar-refractivity contribution in [3.05, 3.63) is 72.6 Å². The van der Waals surface area contributed by atoms with Crippen molar-refractivity contribution < 1.29 is 0 Å². The van der Waals surface area contributed by atoms with Crippen molar-refractivity contribution in [2.24, 2.45) is 14.1 Å². The SMILES string of the molecule is Cc1cc2ccc3c4ccc5c(ccc6ccn(C)c65)c4ccc3c2n1C. The first kappa shape index (κ1) is 14.9. The summed E-state index contributed by atoms with van der Waals surface area (Å²) in [6, 6.07) is 22.7. The number of nitrogens with zero attached hydrogens (tertiary/aromatic N) is 2. The smallest absolute Gasteiger partial charge is 0.0559 e. The van der Waals surface area contributed by atoms with Crippen LogP contribution >= 0.6 is 0 Å². The molecule has 0 N–H and O–H groups in total. The summed E-state index contributed by atoms with van der Waals surface area (Å²) in [7, 11) is 4.29. The molecular weight excluding hydrogens is 328 g/mol.